The van der Waals surface area contributed by atoms with Crippen LogP contribution in [0.3, 0.4) is 0 Å². The van der Waals surface area contributed by atoms with Gasteiger partial charge in [-0.2, -0.15) is 0 Å². The first-order chi connectivity index (χ1) is 9.15. The molecule has 0 amide bonds. The molecule has 2 aromatic rings. The van der Waals surface area contributed by atoms with Crippen LogP contribution >= 0.6 is 27.5 Å². The van der Waals surface area contributed by atoms with E-state index in [1.54, 1.807) is 18.2 Å². The Morgan fingerprint density at radius 1 is 1.26 bits per heavy atom. The van der Waals surface area contributed by atoms with Crippen molar-refractivity contribution in [3.8, 4) is 11.5 Å². The highest BCUT2D eigenvalue weighted by molar-refractivity contribution is 9.10. The van der Waals surface area contributed by atoms with Crippen molar-refractivity contribution in [2.24, 2.45) is 0 Å². The lowest BCUT2D eigenvalue weighted by atomic mass is 10.1. The molecule has 0 fully saturated rings. The fraction of sp³-hybridized carbons (Fsp3) is 0.143. The molecule has 0 N–H and O–H groups in total. The molecule has 0 saturated carbocycles. The molecule has 0 radical (unpaired) electrons. The van der Waals surface area contributed by atoms with Crippen LogP contribution in [-0.4, -0.2) is 6.61 Å². The Morgan fingerprint density at radius 3 is 2.89 bits per heavy atom. The molecule has 2 nitrogen and oxygen atoms in total. The van der Waals surface area contributed by atoms with Crippen LogP contribution in [0.25, 0.3) is 0 Å². The quantitative estimate of drug-likeness (QED) is 0.743. The largest absolute Gasteiger partial charge is 0.484 e. The molecule has 98 valence electrons. The van der Waals surface area contributed by atoms with Gasteiger partial charge in [0.2, 0.25) is 0 Å². The molecule has 0 aliphatic carbocycles. The van der Waals surface area contributed by atoms with Crippen LogP contribution in [0, 0.1) is 5.82 Å². The Kier molecular flexibility index (Phi) is 3.37. The van der Waals surface area contributed by atoms with E-state index in [4.69, 9.17) is 21.1 Å². The van der Waals surface area contributed by atoms with Gasteiger partial charge in [0.05, 0.1) is 4.47 Å². The molecule has 1 unspecified atom stereocenters. The van der Waals surface area contributed by atoms with Crippen LogP contribution in [0.1, 0.15) is 11.7 Å². The highest BCUT2D eigenvalue weighted by atomic mass is 79.9. The molecule has 1 heterocycles. The van der Waals surface area contributed by atoms with E-state index in [1.165, 1.54) is 6.07 Å². The van der Waals surface area contributed by atoms with Gasteiger partial charge < -0.3 is 9.47 Å². The average Bonchev–Trinajstić information content (AvgIpc) is 2.38. The molecule has 0 spiro atoms. The van der Waals surface area contributed by atoms with Gasteiger partial charge in [-0.1, -0.05) is 23.7 Å². The molecule has 0 aromatic heterocycles. The van der Waals surface area contributed by atoms with Crippen molar-refractivity contribution in [2.75, 3.05) is 6.61 Å². The highest BCUT2D eigenvalue weighted by Gasteiger charge is 2.26. The summed E-state index contributed by atoms with van der Waals surface area (Å²) in [6.07, 6.45) is -0.473. The summed E-state index contributed by atoms with van der Waals surface area (Å²) in [7, 11) is 0. The van der Waals surface area contributed by atoms with Crippen LogP contribution in [0.5, 0.6) is 11.5 Å². The lowest BCUT2D eigenvalue weighted by molar-refractivity contribution is 0.0878. The molecule has 3 rings (SSSR count). The van der Waals surface area contributed by atoms with Gasteiger partial charge in [-0.05, 0) is 40.2 Å². The molecule has 1 aliphatic rings. The molecule has 0 bridgehead atoms. The fourth-order valence-corrected chi connectivity index (χ4v) is 2.61. The van der Waals surface area contributed by atoms with Crippen molar-refractivity contribution in [1.29, 1.82) is 0 Å². The zero-order valence-corrected chi connectivity index (χ0v) is 12.0. The van der Waals surface area contributed by atoms with E-state index in [9.17, 15) is 4.39 Å². The number of ether oxygens (including phenoxy) is 2. The van der Waals surface area contributed by atoms with E-state index in [0.717, 1.165) is 4.47 Å². The summed E-state index contributed by atoms with van der Waals surface area (Å²) < 4.78 is 26.1. The topological polar surface area (TPSA) is 18.5 Å². The molecule has 1 aliphatic heterocycles. The predicted molar refractivity (Wildman–Crippen MR) is 74.4 cm³/mol. The van der Waals surface area contributed by atoms with Gasteiger partial charge in [0, 0.05) is 10.6 Å². The monoisotopic (exact) mass is 342 g/mol. The van der Waals surface area contributed by atoms with E-state index in [1.807, 2.05) is 12.1 Å². The van der Waals surface area contributed by atoms with Gasteiger partial charge in [-0.15, -0.1) is 0 Å². The van der Waals surface area contributed by atoms with Gasteiger partial charge >= 0.3 is 0 Å². The Labute approximate surface area is 123 Å². The van der Waals surface area contributed by atoms with Crippen molar-refractivity contribution in [3.63, 3.8) is 0 Å². The maximum absolute atomic E-state index is 13.9. The van der Waals surface area contributed by atoms with Gasteiger partial charge in [-0.3, -0.25) is 0 Å². The maximum atomic E-state index is 13.9. The lowest BCUT2D eigenvalue weighted by Gasteiger charge is -2.27. The van der Waals surface area contributed by atoms with Crippen LogP contribution in [-0.2, 0) is 0 Å². The van der Waals surface area contributed by atoms with Gasteiger partial charge in [0.1, 0.15) is 12.4 Å². The standard InChI is InChI=1S/C14H9BrClFO2/c15-10-2-1-3-12-14(10)18-7-13(19-12)9-5-4-8(16)6-11(9)17/h1-6,13H,7H2. The molecule has 5 heteroatoms. The number of rotatable bonds is 1. The van der Waals surface area contributed by atoms with Crippen molar-refractivity contribution in [1.82, 2.24) is 0 Å². The second kappa shape index (κ2) is 5.02. The van der Waals surface area contributed by atoms with E-state index in [2.05, 4.69) is 15.9 Å². The van der Waals surface area contributed by atoms with Gasteiger partial charge in [0.15, 0.2) is 17.6 Å². The summed E-state index contributed by atoms with van der Waals surface area (Å²) in [5, 5.41) is 0.362. The molecular weight excluding hydrogens is 335 g/mol. The summed E-state index contributed by atoms with van der Waals surface area (Å²) in [4.78, 5) is 0. The molecule has 2 aromatic carbocycles. The number of hydrogen-bond donors (Lipinski definition) is 0. The molecule has 1 atom stereocenters. The van der Waals surface area contributed by atoms with E-state index in [0.29, 0.717) is 22.1 Å². The maximum Gasteiger partial charge on any atom is 0.175 e. The van der Waals surface area contributed by atoms with Crippen LogP contribution < -0.4 is 9.47 Å². The zero-order valence-electron chi connectivity index (χ0n) is 9.70. The zero-order chi connectivity index (χ0) is 13.4. The smallest absolute Gasteiger partial charge is 0.175 e. The number of benzene rings is 2. The molecule has 0 saturated heterocycles. The third kappa shape index (κ3) is 2.42. The van der Waals surface area contributed by atoms with Crippen molar-refractivity contribution in [2.45, 2.75) is 6.10 Å². The second-order valence-electron chi connectivity index (χ2n) is 4.15. The average molecular weight is 344 g/mol. The Balaban J connectivity index is 1.93. The number of fused-ring (bicyclic) bond motifs is 1. The number of halogens is 3. The molecular formula is C14H9BrClFO2. The first-order valence-corrected chi connectivity index (χ1v) is 6.85. The van der Waals surface area contributed by atoms with E-state index < -0.39 is 6.10 Å². The summed E-state index contributed by atoms with van der Waals surface area (Å²) in [6.45, 7) is 0.258. The highest BCUT2D eigenvalue weighted by Crippen LogP contribution is 2.41. The van der Waals surface area contributed by atoms with Crippen LogP contribution in [0.2, 0.25) is 5.02 Å². The van der Waals surface area contributed by atoms with Crippen molar-refractivity contribution < 1.29 is 13.9 Å². The second-order valence-corrected chi connectivity index (χ2v) is 5.44. The van der Waals surface area contributed by atoms with E-state index >= 15 is 0 Å². The predicted octanol–water partition coefficient (Wildman–Crippen LogP) is 4.75. The summed E-state index contributed by atoms with van der Waals surface area (Å²) >= 11 is 9.13. The fourth-order valence-electron chi connectivity index (χ4n) is 1.98. The minimum absolute atomic E-state index is 0.258. The first-order valence-electron chi connectivity index (χ1n) is 5.68. The van der Waals surface area contributed by atoms with Crippen molar-refractivity contribution >= 4 is 27.5 Å². The minimum atomic E-state index is -0.473. The number of hydrogen-bond acceptors (Lipinski definition) is 2. The molecule has 19 heavy (non-hydrogen) atoms. The first kappa shape index (κ1) is 12.8. The van der Waals surface area contributed by atoms with Gasteiger partial charge in [0.25, 0.3) is 0 Å². The third-order valence-corrected chi connectivity index (χ3v) is 3.75. The van der Waals surface area contributed by atoms with Crippen LogP contribution in [0.15, 0.2) is 40.9 Å². The summed E-state index contributed by atoms with van der Waals surface area (Å²) in [6, 6.07) is 10.0. The van der Waals surface area contributed by atoms with E-state index in [-0.39, 0.29) is 12.4 Å². The Morgan fingerprint density at radius 2 is 2.11 bits per heavy atom. The summed E-state index contributed by atoms with van der Waals surface area (Å²) in [5.74, 6) is 0.854. The lowest BCUT2D eigenvalue weighted by Crippen LogP contribution is -2.22. The number of para-hydroxylation sites is 1. The Bertz CT molecular complexity index is 633. The SMILES string of the molecule is Fc1cc(Cl)ccc1C1COc2c(Br)cccc2O1. The van der Waals surface area contributed by atoms with Crippen molar-refractivity contribution in [3.05, 3.63) is 57.3 Å². The van der Waals surface area contributed by atoms with Crippen LogP contribution in [0.4, 0.5) is 4.39 Å². The normalized spacial score (nSPS) is 17.3. The summed E-state index contributed by atoms with van der Waals surface area (Å²) in [5.41, 5.74) is 0.440. The Hall–Kier alpha value is -1.26. The van der Waals surface area contributed by atoms with Gasteiger partial charge in [-0.25, -0.2) is 4.39 Å². The minimum Gasteiger partial charge on any atom is -0.484 e. The third-order valence-electron chi connectivity index (χ3n) is 2.89.